The lowest BCUT2D eigenvalue weighted by Crippen LogP contribution is -2.26. The third-order valence-corrected chi connectivity index (χ3v) is 4.82. The number of carbonyl (C=O) groups is 1. The van der Waals surface area contributed by atoms with E-state index in [0.29, 0.717) is 11.5 Å². The van der Waals surface area contributed by atoms with Crippen molar-refractivity contribution in [2.24, 2.45) is 5.41 Å². The minimum atomic E-state index is 0.137. The third-order valence-electron chi connectivity index (χ3n) is 4.82. The summed E-state index contributed by atoms with van der Waals surface area (Å²) in [5.74, 6) is 0.137. The molecule has 0 bridgehead atoms. The van der Waals surface area contributed by atoms with E-state index in [-0.39, 0.29) is 5.91 Å². The van der Waals surface area contributed by atoms with Crippen LogP contribution in [-0.4, -0.2) is 18.5 Å². The fraction of sp³-hybridized carbons (Fsp3) is 0.562. The van der Waals surface area contributed by atoms with Crippen LogP contribution in [0.15, 0.2) is 18.2 Å². The number of carbonyl (C=O) groups excluding carboxylic acids is 1. The molecule has 102 valence electrons. The number of hydrogen-bond acceptors (Lipinski definition) is 2. The highest BCUT2D eigenvalue weighted by atomic mass is 16.2. The summed E-state index contributed by atoms with van der Waals surface area (Å²) < 4.78 is 0. The van der Waals surface area contributed by atoms with E-state index in [0.717, 1.165) is 18.7 Å². The van der Waals surface area contributed by atoms with Gasteiger partial charge >= 0.3 is 0 Å². The van der Waals surface area contributed by atoms with Gasteiger partial charge < -0.3 is 10.2 Å². The first kappa shape index (κ1) is 12.5. The number of benzene rings is 1. The van der Waals surface area contributed by atoms with E-state index < -0.39 is 0 Å². The van der Waals surface area contributed by atoms with Gasteiger partial charge in [0.25, 0.3) is 0 Å². The Bertz CT molecular complexity index is 519. The Kier molecular flexibility index (Phi) is 2.80. The topological polar surface area (TPSA) is 32.3 Å². The maximum absolute atomic E-state index is 11.5. The number of rotatable bonds is 3. The molecule has 1 aliphatic carbocycles. The van der Waals surface area contributed by atoms with Crippen molar-refractivity contribution in [3.05, 3.63) is 23.8 Å². The molecule has 3 heteroatoms. The number of fused-ring (bicyclic) bond motifs is 1. The van der Waals surface area contributed by atoms with Crippen LogP contribution in [0.3, 0.4) is 0 Å². The van der Waals surface area contributed by atoms with Crippen LogP contribution in [0.5, 0.6) is 0 Å². The summed E-state index contributed by atoms with van der Waals surface area (Å²) in [7, 11) is 0. The molecule has 19 heavy (non-hydrogen) atoms. The van der Waals surface area contributed by atoms with Crippen LogP contribution >= 0.6 is 0 Å². The summed E-state index contributed by atoms with van der Waals surface area (Å²) in [6.45, 7) is 7.07. The molecule has 0 radical (unpaired) electrons. The molecule has 0 spiro atoms. The number of nitrogens with one attached hydrogen (secondary N) is 1. The number of anilines is 2. The molecule has 0 aromatic heterocycles. The van der Waals surface area contributed by atoms with E-state index in [1.807, 2.05) is 4.90 Å². The summed E-state index contributed by atoms with van der Waals surface area (Å²) in [6, 6.07) is 6.90. The molecule has 0 saturated heterocycles. The molecule has 1 amide bonds. The van der Waals surface area contributed by atoms with E-state index in [4.69, 9.17) is 0 Å². The third kappa shape index (κ3) is 2.22. The highest BCUT2D eigenvalue weighted by Gasteiger charge is 2.42. The predicted octanol–water partition coefficient (Wildman–Crippen LogP) is 3.20. The molecule has 1 unspecified atom stereocenters. The van der Waals surface area contributed by atoms with E-state index in [1.54, 1.807) is 6.92 Å². The Hall–Kier alpha value is -1.51. The Morgan fingerprint density at radius 2 is 2.16 bits per heavy atom. The number of amides is 1. The lowest BCUT2D eigenvalue weighted by molar-refractivity contribution is -0.116. The van der Waals surface area contributed by atoms with Crippen molar-refractivity contribution in [2.75, 3.05) is 16.8 Å². The molecule has 1 aliphatic heterocycles. The van der Waals surface area contributed by atoms with Crippen molar-refractivity contribution < 1.29 is 4.79 Å². The van der Waals surface area contributed by atoms with Crippen LogP contribution in [0, 0.1) is 5.41 Å². The molecular weight excluding hydrogens is 236 g/mol. The Balaban J connectivity index is 1.77. The Labute approximate surface area is 115 Å². The lowest BCUT2D eigenvalue weighted by atomic mass is 10.0. The van der Waals surface area contributed by atoms with Gasteiger partial charge in [0.05, 0.1) is 0 Å². The van der Waals surface area contributed by atoms with Gasteiger partial charge in [-0.25, -0.2) is 0 Å². The Morgan fingerprint density at radius 1 is 1.42 bits per heavy atom. The molecule has 3 nitrogen and oxygen atoms in total. The second-order valence-electron chi connectivity index (χ2n) is 6.28. The van der Waals surface area contributed by atoms with E-state index in [2.05, 4.69) is 37.4 Å². The predicted molar refractivity (Wildman–Crippen MR) is 78.6 cm³/mol. The van der Waals surface area contributed by atoms with Crippen molar-refractivity contribution in [1.29, 1.82) is 0 Å². The van der Waals surface area contributed by atoms with Crippen LogP contribution < -0.4 is 10.2 Å². The SMILES string of the molecule is CC(=O)N1CCc2cc(NC(C)C3(C)CC3)ccc21. The van der Waals surface area contributed by atoms with Gasteiger partial charge in [-0.3, -0.25) is 4.79 Å². The van der Waals surface area contributed by atoms with E-state index in [1.165, 1.54) is 24.1 Å². The molecule has 1 aromatic carbocycles. The maximum Gasteiger partial charge on any atom is 0.223 e. The fourth-order valence-electron chi connectivity index (χ4n) is 2.87. The molecule has 1 saturated carbocycles. The molecular formula is C16H22N2O. The van der Waals surface area contributed by atoms with Crippen LogP contribution in [0.25, 0.3) is 0 Å². The van der Waals surface area contributed by atoms with Gasteiger partial charge in [0, 0.05) is 30.9 Å². The number of nitrogens with zero attached hydrogens (tertiary/aromatic N) is 1. The van der Waals surface area contributed by atoms with Gasteiger partial charge in [-0.15, -0.1) is 0 Å². The first-order valence-corrected chi connectivity index (χ1v) is 7.17. The van der Waals surface area contributed by atoms with Crippen LogP contribution in [0.4, 0.5) is 11.4 Å². The summed E-state index contributed by atoms with van der Waals surface area (Å²) in [6.07, 6.45) is 3.62. The first-order valence-electron chi connectivity index (χ1n) is 7.17. The van der Waals surface area contributed by atoms with Gasteiger partial charge in [0.15, 0.2) is 0 Å². The van der Waals surface area contributed by atoms with E-state index in [9.17, 15) is 4.79 Å². The van der Waals surface area contributed by atoms with E-state index >= 15 is 0 Å². The molecule has 1 N–H and O–H groups in total. The highest BCUT2D eigenvalue weighted by Crippen LogP contribution is 2.49. The van der Waals surface area contributed by atoms with Crippen molar-refractivity contribution in [3.8, 4) is 0 Å². The molecule has 1 heterocycles. The van der Waals surface area contributed by atoms with Gasteiger partial charge in [0.2, 0.25) is 5.91 Å². The largest absolute Gasteiger partial charge is 0.382 e. The molecule has 2 aliphatic rings. The van der Waals surface area contributed by atoms with Crippen molar-refractivity contribution in [2.45, 2.75) is 46.1 Å². The van der Waals surface area contributed by atoms with Crippen LogP contribution in [0.2, 0.25) is 0 Å². The van der Waals surface area contributed by atoms with Gasteiger partial charge in [-0.05, 0) is 55.4 Å². The molecule has 1 atom stereocenters. The summed E-state index contributed by atoms with van der Waals surface area (Å²) in [4.78, 5) is 13.4. The second kappa shape index (κ2) is 4.26. The van der Waals surface area contributed by atoms with Crippen molar-refractivity contribution in [1.82, 2.24) is 0 Å². The van der Waals surface area contributed by atoms with Crippen LogP contribution in [0.1, 0.15) is 39.2 Å². The molecule has 1 aromatic rings. The zero-order chi connectivity index (χ0) is 13.6. The fourth-order valence-corrected chi connectivity index (χ4v) is 2.87. The van der Waals surface area contributed by atoms with Crippen LogP contribution in [-0.2, 0) is 11.2 Å². The lowest BCUT2D eigenvalue weighted by Gasteiger charge is -2.22. The van der Waals surface area contributed by atoms with Gasteiger partial charge in [0.1, 0.15) is 0 Å². The average molecular weight is 258 g/mol. The normalized spacial score (nSPS) is 20.9. The Morgan fingerprint density at radius 3 is 2.79 bits per heavy atom. The minimum Gasteiger partial charge on any atom is -0.382 e. The summed E-state index contributed by atoms with van der Waals surface area (Å²) in [5, 5.41) is 3.61. The second-order valence-corrected chi connectivity index (χ2v) is 6.28. The zero-order valence-electron chi connectivity index (χ0n) is 12.0. The average Bonchev–Trinajstić information content (AvgIpc) is 2.98. The number of hydrogen-bond donors (Lipinski definition) is 1. The van der Waals surface area contributed by atoms with Gasteiger partial charge in [-0.2, -0.15) is 0 Å². The quantitative estimate of drug-likeness (QED) is 0.903. The molecule has 3 rings (SSSR count). The summed E-state index contributed by atoms with van der Waals surface area (Å²) >= 11 is 0. The monoisotopic (exact) mass is 258 g/mol. The minimum absolute atomic E-state index is 0.137. The maximum atomic E-state index is 11.5. The summed E-state index contributed by atoms with van der Waals surface area (Å²) in [5.41, 5.74) is 4.03. The smallest absolute Gasteiger partial charge is 0.223 e. The molecule has 1 fully saturated rings. The first-order chi connectivity index (χ1) is 8.99. The van der Waals surface area contributed by atoms with Gasteiger partial charge in [-0.1, -0.05) is 6.92 Å². The standard InChI is InChI=1S/C16H22N2O/c1-11(16(3)7-8-16)17-14-4-5-15-13(10-14)6-9-18(15)12(2)19/h4-5,10-11,17H,6-9H2,1-3H3. The zero-order valence-corrected chi connectivity index (χ0v) is 12.0. The highest BCUT2D eigenvalue weighted by molar-refractivity contribution is 5.94. The van der Waals surface area contributed by atoms with Crippen molar-refractivity contribution >= 4 is 17.3 Å². The van der Waals surface area contributed by atoms with Crippen molar-refractivity contribution in [3.63, 3.8) is 0 Å².